The molecule has 0 aliphatic carbocycles. The van der Waals surface area contributed by atoms with Gasteiger partial charge in [-0.2, -0.15) is 0 Å². The van der Waals surface area contributed by atoms with Gasteiger partial charge in [-0.1, -0.05) is 25.1 Å². The summed E-state index contributed by atoms with van der Waals surface area (Å²) in [4.78, 5) is 16.0. The molecule has 0 unspecified atom stereocenters. The Morgan fingerprint density at radius 1 is 1.12 bits per heavy atom. The zero-order valence-electron chi connectivity index (χ0n) is 14.7. The molecule has 0 aromatic heterocycles. The van der Waals surface area contributed by atoms with Gasteiger partial charge >= 0.3 is 0 Å². The molecule has 5 nitrogen and oxygen atoms in total. The summed E-state index contributed by atoms with van der Waals surface area (Å²) in [5.41, 5.74) is 3.22. The highest BCUT2D eigenvalue weighted by Gasteiger charge is 2.22. The summed E-state index contributed by atoms with van der Waals surface area (Å²) in [5, 5.41) is 12.4. The minimum atomic E-state index is 0.0778. The lowest BCUT2D eigenvalue weighted by Crippen LogP contribution is -3.15. The van der Waals surface area contributed by atoms with Crippen LogP contribution in [0.5, 0.6) is 5.75 Å². The number of nitrogens with one attached hydrogen (secondary N) is 2. The van der Waals surface area contributed by atoms with E-state index in [1.807, 2.05) is 30.3 Å². The first-order chi connectivity index (χ1) is 12.2. The van der Waals surface area contributed by atoms with Crippen LogP contribution in [-0.4, -0.2) is 43.7 Å². The van der Waals surface area contributed by atoms with Gasteiger partial charge in [0.25, 0.3) is 5.91 Å². The minimum Gasteiger partial charge on any atom is -0.508 e. The molecule has 1 saturated heterocycles. The lowest BCUT2D eigenvalue weighted by atomic mass is 10.1. The SMILES string of the molecule is CCc1ccccc1NC(=O)C[NH+]1CCN(c2ccc(O)cc2)CC1. The number of hydrogen-bond donors (Lipinski definition) is 3. The van der Waals surface area contributed by atoms with Crippen LogP contribution in [0, 0.1) is 0 Å². The van der Waals surface area contributed by atoms with Gasteiger partial charge in [0.2, 0.25) is 0 Å². The predicted octanol–water partition coefficient (Wildman–Crippen LogP) is 1.30. The van der Waals surface area contributed by atoms with Gasteiger partial charge in [0.1, 0.15) is 5.75 Å². The van der Waals surface area contributed by atoms with Gasteiger partial charge in [0.05, 0.1) is 26.2 Å². The molecule has 1 heterocycles. The molecule has 0 saturated carbocycles. The number of para-hydroxylation sites is 1. The Morgan fingerprint density at radius 2 is 1.80 bits per heavy atom. The van der Waals surface area contributed by atoms with Gasteiger partial charge < -0.3 is 20.2 Å². The van der Waals surface area contributed by atoms with Crippen molar-refractivity contribution >= 4 is 17.3 Å². The van der Waals surface area contributed by atoms with E-state index in [9.17, 15) is 9.90 Å². The lowest BCUT2D eigenvalue weighted by molar-refractivity contribution is -0.892. The summed E-state index contributed by atoms with van der Waals surface area (Å²) in [6.07, 6.45) is 0.911. The Hall–Kier alpha value is -2.53. The van der Waals surface area contributed by atoms with Crippen LogP contribution in [0.1, 0.15) is 12.5 Å². The van der Waals surface area contributed by atoms with E-state index in [2.05, 4.69) is 23.2 Å². The number of hydrogen-bond acceptors (Lipinski definition) is 3. The maximum Gasteiger partial charge on any atom is 0.279 e. The van der Waals surface area contributed by atoms with Crippen molar-refractivity contribution < 1.29 is 14.8 Å². The fraction of sp³-hybridized carbons (Fsp3) is 0.350. The van der Waals surface area contributed by atoms with Gasteiger partial charge in [-0.15, -0.1) is 0 Å². The van der Waals surface area contributed by atoms with Crippen LogP contribution in [0.25, 0.3) is 0 Å². The van der Waals surface area contributed by atoms with E-state index in [1.165, 1.54) is 10.5 Å². The first-order valence-corrected chi connectivity index (χ1v) is 8.91. The van der Waals surface area contributed by atoms with Crippen LogP contribution in [0.3, 0.4) is 0 Å². The molecule has 1 amide bonds. The number of phenols is 1. The second-order valence-electron chi connectivity index (χ2n) is 6.49. The van der Waals surface area contributed by atoms with E-state index >= 15 is 0 Å². The first-order valence-electron chi connectivity index (χ1n) is 8.91. The van der Waals surface area contributed by atoms with Gasteiger partial charge in [-0.3, -0.25) is 4.79 Å². The van der Waals surface area contributed by atoms with E-state index in [0.717, 1.165) is 44.0 Å². The van der Waals surface area contributed by atoms with Gasteiger partial charge in [-0.05, 0) is 42.3 Å². The molecule has 1 fully saturated rings. The van der Waals surface area contributed by atoms with Crippen LogP contribution in [-0.2, 0) is 11.2 Å². The van der Waals surface area contributed by atoms with Crippen molar-refractivity contribution in [2.45, 2.75) is 13.3 Å². The lowest BCUT2D eigenvalue weighted by Gasteiger charge is -2.33. The summed E-state index contributed by atoms with van der Waals surface area (Å²) in [6, 6.07) is 15.3. The molecular formula is C20H26N3O2+. The second kappa shape index (κ2) is 8.03. The predicted molar refractivity (Wildman–Crippen MR) is 100 cm³/mol. The second-order valence-corrected chi connectivity index (χ2v) is 6.49. The quantitative estimate of drug-likeness (QED) is 0.769. The Balaban J connectivity index is 1.50. The number of rotatable bonds is 5. The highest BCUT2D eigenvalue weighted by atomic mass is 16.3. The van der Waals surface area contributed by atoms with Crippen molar-refractivity contribution in [2.24, 2.45) is 0 Å². The average Bonchev–Trinajstić information content (AvgIpc) is 2.63. The van der Waals surface area contributed by atoms with E-state index in [1.54, 1.807) is 12.1 Å². The standard InChI is InChI=1S/C20H25N3O2/c1-2-16-5-3-4-6-19(16)21-20(25)15-22-11-13-23(14-12-22)17-7-9-18(24)10-8-17/h3-10,24H,2,11-15H2,1H3,(H,21,25)/p+1. The largest absolute Gasteiger partial charge is 0.508 e. The van der Waals surface area contributed by atoms with Crippen LogP contribution in [0.2, 0.25) is 0 Å². The number of piperazine rings is 1. The third-order valence-electron chi connectivity index (χ3n) is 4.77. The number of anilines is 2. The molecule has 0 spiro atoms. The Kier molecular flexibility index (Phi) is 5.56. The Morgan fingerprint density at radius 3 is 2.48 bits per heavy atom. The number of benzene rings is 2. The summed E-state index contributed by atoms with van der Waals surface area (Å²) in [7, 11) is 0. The fourth-order valence-electron chi connectivity index (χ4n) is 3.29. The summed E-state index contributed by atoms with van der Waals surface area (Å²) >= 11 is 0. The van der Waals surface area contributed by atoms with Crippen LogP contribution >= 0.6 is 0 Å². The molecule has 132 valence electrons. The molecule has 3 N–H and O–H groups in total. The third-order valence-corrected chi connectivity index (χ3v) is 4.77. The number of nitrogens with zero attached hydrogens (tertiary/aromatic N) is 1. The van der Waals surface area contributed by atoms with Crippen molar-refractivity contribution in [2.75, 3.05) is 42.9 Å². The first kappa shape index (κ1) is 17.3. The minimum absolute atomic E-state index is 0.0778. The molecule has 5 heteroatoms. The number of carbonyl (C=O) groups excluding carboxylic acids is 1. The maximum atomic E-state index is 12.4. The van der Waals surface area contributed by atoms with Gasteiger partial charge in [0.15, 0.2) is 6.54 Å². The van der Waals surface area contributed by atoms with E-state index in [0.29, 0.717) is 6.54 Å². The zero-order chi connectivity index (χ0) is 17.6. The molecular weight excluding hydrogens is 314 g/mol. The van der Waals surface area contributed by atoms with Crippen LogP contribution in [0.4, 0.5) is 11.4 Å². The maximum absolute atomic E-state index is 12.4. The number of amides is 1. The van der Waals surface area contributed by atoms with Crippen LogP contribution < -0.4 is 15.1 Å². The average molecular weight is 340 g/mol. The van der Waals surface area contributed by atoms with E-state index in [-0.39, 0.29) is 11.7 Å². The van der Waals surface area contributed by atoms with E-state index < -0.39 is 0 Å². The van der Waals surface area contributed by atoms with Crippen molar-refractivity contribution in [3.8, 4) is 5.75 Å². The van der Waals surface area contributed by atoms with Gasteiger partial charge in [-0.25, -0.2) is 0 Å². The zero-order valence-corrected chi connectivity index (χ0v) is 14.7. The molecule has 25 heavy (non-hydrogen) atoms. The van der Waals surface area contributed by atoms with Crippen LogP contribution in [0.15, 0.2) is 48.5 Å². The molecule has 1 aliphatic heterocycles. The van der Waals surface area contributed by atoms with Crippen molar-refractivity contribution in [3.05, 3.63) is 54.1 Å². The monoisotopic (exact) mass is 340 g/mol. The number of carbonyl (C=O) groups is 1. The number of phenolic OH excluding ortho intramolecular Hbond substituents is 1. The smallest absolute Gasteiger partial charge is 0.279 e. The Labute approximate surface area is 148 Å². The summed E-state index contributed by atoms with van der Waals surface area (Å²) in [5.74, 6) is 0.367. The molecule has 0 radical (unpaired) electrons. The molecule has 3 rings (SSSR count). The third kappa shape index (κ3) is 4.51. The number of quaternary nitrogens is 1. The molecule has 0 bridgehead atoms. The fourth-order valence-corrected chi connectivity index (χ4v) is 3.29. The Bertz CT molecular complexity index is 707. The molecule has 2 aromatic rings. The molecule has 1 aliphatic rings. The molecule has 0 atom stereocenters. The van der Waals surface area contributed by atoms with Crippen molar-refractivity contribution in [3.63, 3.8) is 0 Å². The highest BCUT2D eigenvalue weighted by Crippen LogP contribution is 2.18. The highest BCUT2D eigenvalue weighted by molar-refractivity contribution is 5.92. The normalized spacial score (nSPS) is 15.2. The summed E-state index contributed by atoms with van der Waals surface area (Å²) in [6.45, 7) is 6.30. The van der Waals surface area contributed by atoms with E-state index in [4.69, 9.17) is 0 Å². The summed E-state index contributed by atoms with van der Waals surface area (Å²) < 4.78 is 0. The van der Waals surface area contributed by atoms with Gasteiger partial charge in [0, 0.05) is 11.4 Å². The molecule has 2 aromatic carbocycles. The number of aromatic hydroxyl groups is 1. The van der Waals surface area contributed by atoms with Crippen molar-refractivity contribution in [1.29, 1.82) is 0 Å². The van der Waals surface area contributed by atoms with Crippen molar-refractivity contribution in [1.82, 2.24) is 0 Å². The number of aryl methyl sites for hydroxylation is 1. The topological polar surface area (TPSA) is 57.0 Å².